The van der Waals surface area contributed by atoms with Gasteiger partial charge >= 0.3 is 0 Å². The Balaban J connectivity index is 2.11. The summed E-state index contributed by atoms with van der Waals surface area (Å²) in [6.45, 7) is 6.83. The molecule has 0 saturated carbocycles. The minimum absolute atomic E-state index is 0.0594. The third-order valence-corrected chi connectivity index (χ3v) is 5.14. The summed E-state index contributed by atoms with van der Waals surface area (Å²) in [6, 6.07) is 30.3. The van der Waals surface area contributed by atoms with E-state index < -0.39 is 0 Å². The molecule has 0 N–H and O–H groups in total. The van der Waals surface area contributed by atoms with Crippen molar-refractivity contribution in [3.8, 4) is 33.4 Å². The molecule has 0 amide bonds. The maximum absolute atomic E-state index is 4.23. The van der Waals surface area contributed by atoms with Crippen LogP contribution in [0.1, 0.15) is 26.3 Å². The molecule has 0 spiro atoms. The van der Waals surface area contributed by atoms with Crippen molar-refractivity contribution in [1.82, 2.24) is 4.98 Å². The number of pyridine rings is 1. The van der Waals surface area contributed by atoms with Gasteiger partial charge in [-0.15, -0.1) is 0 Å². The zero-order valence-corrected chi connectivity index (χ0v) is 16.7. The minimum Gasteiger partial charge on any atom is -0.265 e. The van der Waals surface area contributed by atoms with Crippen molar-refractivity contribution in [3.63, 3.8) is 0 Å². The Labute approximate surface area is 167 Å². The van der Waals surface area contributed by atoms with Gasteiger partial charge in [0, 0.05) is 12.4 Å². The fourth-order valence-electron chi connectivity index (χ4n) is 3.60. The molecule has 1 aromatic heterocycles. The molecular formula is C27H25N. The first kappa shape index (κ1) is 18.2. The van der Waals surface area contributed by atoms with Gasteiger partial charge in [0.25, 0.3) is 0 Å². The van der Waals surface area contributed by atoms with E-state index in [9.17, 15) is 0 Å². The van der Waals surface area contributed by atoms with Crippen LogP contribution in [0, 0.1) is 0 Å². The Morgan fingerprint density at radius 1 is 0.571 bits per heavy atom. The fraction of sp³-hybridized carbons (Fsp3) is 0.148. The quantitative estimate of drug-likeness (QED) is 0.370. The van der Waals surface area contributed by atoms with Gasteiger partial charge in [0.2, 0.25) is 0 Å². The highest BCUT2D eigenvalue weighted by Crippen LogP contribution is 2.43. The number of hydrogen-bond acceptors (Lipinski definition) is 1. The van der Waals surface area contributed by atoms with Crippen molar-refractivity contribution in [2.75, 3.05) is 0 Å². The summed E-state index contributed by atoms with van der Waals surface area (Å²) < 4.78 is 0. The Bertz CT molecular complexity index is 999. The molecule has 0 saturated heterocycles. The molecule has 1 heteroatoms. The Morgan fingerprint density at radius 2 is 1.04 bits per heavy atom. The molecular weight excluding hydrogens is 338 g/mol. The van der Waals surface area contributed by atoms with E-state index >= 15 is 0 Å². The summed E-state index contributed by atoms with van der Waals surface area (Å²) in [7, 11) is 0. The summed E-state index contributed by atoms with van der Waals surface area (Å²) in [5.41, 5.74) is 8.83. The van der Waals surface area contributed by atoms with Crippen LogP contribution in [-0.4, -0.2) is 4.98 Å². The molecule has 3 aromatic carbocycles. The minimum atomic E-state index is 0.0594. The smallest absolute Gasteiger partial charge is 0.0273 e. The van der Waals surface area contributed by atoms with Gasteiger partial charge in [0.05, 0.1) is 0 Å². The van der Waals surface area contributed by atoms with Crippen LogP contribution >= 0.6 is 0 Å². The zero-order chi connectivity index (χ0) is 19.6. The van der Waals surface area contributed by atoms with Crippen molar-refractivity contribution < 1.29 is 0 Å². The highest BCUT2D eigenvalue weighted by atomic mass is 14.6. The van der Waals surface area contributed by atoms with Crippen LogP contribution in [0.3, 0.4) is 0 Å². The van der Waals surface area contributed by atoms with Crippen LogP contribution in [0.15, 0.2) is 97.3 Å². The molecule has 1 heterocycles. The normalized spacial score (nSPS) is 11.4. The molecule has 0 aliphatic heterocycles. The number of nitrogens with zero attached hydrogens (tertiary/aromatic N) is 1. The first-order valence-corrected chi connectivity index (χ1v) is 9.74. The lowest BCUT2D eigenvalue weighted by Crippen LogP contribution is -2.12. The van der Waals surface area contributed by atoms with Crippen molar-refractivity contribution in [3.05, 3.63) is 103 Å². The van der Waals surface area contributed by atoms with Gasteiger partial charge in [-0.3, -0.25) is 4.98 Å². The molecule has 0 bridgehead atoms. The standard InChI is InChI=1S/C27H25N/c1-27(2,3)23-18-24(20-10-6-4-7-11-20)26(22-14-16-28-17-15-22)25(19-23)21-12-8-5-9-13-21/h4-19H,1-3H3. The van der Waals surface area contributed by atoms with Crippen molar-refractivity contribution >= 4 is 0 Å². The number of benzene rings is 3. The lowest BCUT2D eigenvalue weighted by atomic mass is 9.79. The Morgan fingerprint density at radius 3 is 1.46 bits per heavy atom. The van der Waals surface area contributed by atoms with Crippen molar-refractivity contribution in [2.45, 2.75) is 26.2 Å². The molecule has 0 aliphatic rings. The maximum atomic E-state index is 4.23. The highest BCUT2D eigenvalue weighted by Gasteiger charge is 2.21. The van der Waals surface area contributed by atoms with Gasteiger partial charge in [-0.25, -0.2) is 0 Å². The molecule has 0 fully saturated rings. The van der Waals surface area contributed by atoms with E-state index in [1.807, 2.05) is 12.4 Å². The molecule has 4 rings (SSSR count). The van der Waals surface area contributed by atoms with E-state index in [4.69, 9.17) is 0 Å². The average Bonchev–Trinajstić information content (AvgIpc) is 2.74. The summed E-state index contributed by atoms with van der Waals surface area (Å²) in [5, 5.41) is 0. The van der Waals surface area contributed by atoms with Crippen LogP contribution in [-0.2, 0) is 5.41 Å². The van der Waals surface area contributed by atoms with Gasteiger partial charge in [0.1, 0.15) is 0 Å². The summed E-state index contributed by atoms with van der Waals surface area (Å²) in [4.78, 5) is 4.23. The van der Waals surface area contributed by atoms with Crippen LogP contribution < -0.4 is 0 Å². The Kier molecular flexibility index (Phi) is 4.83. The maximum Gasteiger partial charge on any atom is 0.0273 e. The van der Waals surface area contributed by atoms with Crippen LogP contribution in [0.25, 0.3) is 33.4 Å². The highest BCUT2D eigenvalue weighted by molar-refractivity contribution is 5.95. The molecule has 0 aliphatic carbocycles. The van der Waals surface area contributed by atoms with E-state index in [0.717, 1.165) is 0 Å². The number of aromatic nitrogens is 1. The SMILES string of the molecule is CC(C)(C)c1cc(-c2ccccc2)c(-c2ccncc2)c(-c2ccccc2)c1. The van der Waals surface area contributed by atoms with E-state index in [-0.39, 0.29) is 5.41 Å². The predicted octanol–water partition coefficient (Wildman–Crippen LogP) is 7.38. The molecule has 0 unspecified atom stereocenters. The van der Waals surface area contributed by atoms with Gasteiger partial charge < -0.3 is 0 Å². The van der Waals surface area contributed by atoms with Crippen LogP contribution in [0.4, 0.5) is 0 Å². The second-order valence-electron chi connectivity index (χ2n) is 8.16. The van der Waals surface area contributed by atoms with Gasteiger partial charge in [0.15, 0.2) is 0 Å². The molecule has 0 radical (unpaired) electrons. The van der Waals surface area contributed by atoms with Crippen molar-refractivity contribution in [1.29, 1.82) is 0 Å². The third-order valence-electron chi connectivity index (χ3n) is 5.14. The zero-order valence-electron chi connectivity index (χ0n) is 16.7. The monoisotopic (exact) mass is 363 g/mol. The summed E-state index contributed by atoms with van der Waals surface area (Å²) in [6.07, 6.45) is 3.74. The molecule has 0 atom stereocenters. The topological polar surface area (TPSA) is 12.9 Å². The van der Waals surface area contributed by atoms with E-state index in [1.165, 1.54) is 38.9 Å². The lowest BCUT2D eigenvalue weighted by molar-refractivity contribution is 0.591. The molecule has 28 heavy (non-hydrogen) atoms. The number of hydrogen-bond donors (Lipinski definition) is 0. The van der Waals surface area contributed by atoms with E-state index in [1.54, 1.807) is 0 Å². The third kappa shape index (κ3) is 3.61. The second-order valence-corrected chi connectivity index (χ2v) is 8.16. The first-order chi connectivity index (χ1) is 13.5. The van der Waals surface area contributed by atoms with Gasteiger partial charge in [-0.2, -0.15) is 0 Å². The largest absolute Gasteiger partial charge is 0.265 e. The van der Waals surface area contributed by atoms with Crippen molar-refractivity contribution in [2.24, 2.45) is 0 Å². The van der Waals surface area contributed by atoms with E-state index in [0.29, 0.717) is 0 Å². The van der Waals surface area contributed by atoms with Gasteiger partial charge in [-0.05, 0) is 68.6 Å². The first-order valence-electron chi connectivity index (χ1n) is 9.74. The van der Waals surface area contributed by atoms with Crippen LogP contribution in [0.5, 0.6) is 0 Å². The molecule has 1 nitrogen and oxygen atoms in total. The fourth-order valence-corrected chi connectivity index (χ4v) is 3.60. The molecule has 138 valence electrons. The Hall–Kier alpha value is -3.19. The summed E-state index contributed by atoms with van der Waals surface area (Å²) in [5.74, 6) is 0. The predicted molar refractivity (Wildman–Crippen MR) is 119 cm³/mol. The second kappa shape index (κ2) is 7.44. The van der Waals surface area contributed by atoms with Gasteiger partial charge in [-0.1, -0.05) is 81.4 Å². The number of rotatable bonds is 3. The average molecular weight is 364 g/mol. The summed E-state index contributed by atoms with van der Waals surface area (Å²) >= 11 is 0. The van der Waals surface area contributed by atoms with Crippen LogP contribution in [0.2, 0.25) is 0 Å². The lowest BCUT2D eigenvalue weighted by Gasteiger charge is -2.25. The molecule has 4 aromatic rings. The van der Waals surface area contributed by atoms with E-state index in [2.05, 4.69) is 111 Å².